The topological polar surface area (TPSA) is 89.7 Å². The zero-order chi connectivity index (χ0) is 22.5. The average Bonchev–Trinajstić information content (AvgIpc) is 3.29. The van der Waals surface area contributed by atoms with Crippen molar-refractivity contribution in [3.05, 3.63) is 53.4 Å². The zero-order valence-electron chi connectivity index (χ0n) is 18.0. The van der Waals surface area contributed by atoms with Crippen molar-refractivity contribution in [1.29, 1.82) is 0 Å². The Kier molecular flexibility index (Phi) is 6.92. The predicted molar refractivity (Wildman–Crippen MR) is 121 cm³/mol. The Morgan fingerprint density at radius 1 is 1.16 bits per heavy atom. The number of hydrogen-bond acceptors (Lipinski definition) is 7. The summed E-state index contributed by atoms with van der Waals surface area (Å²) >= 11 is 6.14. The second-order valence-electron chi connectivity index (χ2n) is 7.60. The number of carbonyl (C=O) groups is 1. The number of nitrogens with one attached hydrogen (secondary N) is 1. The summed E-state index contributed by atoms with van der Waals surface area (Å²) in [6, 6.07) is 12.7. The lowest BCUT2D eigenvalue weighted by molar-refractivity contribution is -0.121. The summed E-state index contributed by atoms with van der Waals surface area (Å²) in [5, 5.41) is 7.57. The van der Waals surface area contributed by atoms with Crippen molar-refractivity contribution >= 4 is 23.2 Å². The molecule has 4 rings (SSSR count). The fourth-order valence-electron chi connectivity index (χ4n) is 3.75. The maximum absolute atomic E-state index is 12.6. The van der Waals surface area contributed by atoms with Crippen LogP contribution >= 0.6 is 11.6 Å². The molecule has 1 N–H and O–H groups in total. The maximum Gasteiger partial charge on any atom is 0.241 e. The van der Waals surface area contributed by atoms with Gasteiger partial charge in [0.25, 0.3) is 0 Å². The van der Waals surface area contributed by atoms with Crippen LogP contribution in [0.5, 0.6) is 11.5 Å². The molecule has 0 atom stereocenters. The van der Waals surface area contributed by atoms with E-state index in [-0.39, 0.29) is 11.8 Å². The summed E-state index contributed by atoms with van der Waals surface area (Å²) in [6.45, 7) is 2.09. The van der Waals surface area contributed by atoms with E-state index in [0.29, 0.717) is 40.5 Å². The van der Waals surface area contributed by atoms with E-state index in [9.17, 15) is 4.79 Å². The first-order valence-corrected chi connectivity index (χ1v) is 10.8. The number of carbonyl (C=O) groups excluding carboxylic acids is 1. The molecule has 0 unspecified atom stereocenters. The van der Waals surface area contributed by atoms with Gasteiger partial charge in [0, 0.05) is 11.5 Å². The molecule has 2 aromatic carbocycles. The summed E-state index contributed by atoms with van der Waals surface area (Å²) in [5.74, 6) is 2.23. The number of aromatic nitrogens is 2. The summed E-state index contributed by atoms with van der Waals surface area (Å²) in [6.07, 6.45) is 1.51. The van der Waals surface area contributed by atoms with E-state index in [1.807, 2.05) is 30.3 Å². The number of hydrogen-bond donors (Lipinski definition) is 1. The van der Waals surface area contributed by atoms with E-state index in [0.717, 1.165) is 31.5 Å². The van der Waals surface area contributed by atoms with Gasteiger partial charge in [-0.25, -0.2) is 0 Å². The van der Waals surface area contributed by atoms with Crippen LogP contribution in [-0.4, -0.2) is 48.3 Å². The largest absolute Gasteiger partial charge is 0.493 e. The van der Waals surface area contributed by atoms with Gasteiger partial charge in [0.05, 0.1) is 31.5 Å². The third kappa shape index (κ3) is 5.03. The number of methoxy groups -OCH3 is 2. The van der Waals surface area contributed by atoms with Crippen molar-refractivity contribution in [2.75, 3.05) is 32.6 Å². The van der Waals surface area contributed by atoms with Crippen LogP contribution in [0.3, 0.4) is 0 Å². The molecule has 0 bridgehead atoms. The number of nitrogens with zero attached hydrogens (tertiary/aromatic N) is 3. The minimum Gasteiger partial charge on any atom is -0.493 e. The van der Waals surface area contributed by atoms with Gasteiger partial charge in [-0.3, -0.25) is 9.69 Å². The van der Waals surface area contributed by atoms with Crippen LogP contribution in [0.4, 0.5) is 5.69 Å². The molecule has 3 aromatic rings. The van der Waals surface area contributed by atoms with E-state index < -0.39 is 0 Å². The zero-order valence-corrected chi connectivity index (χ0v) is 18.8. The number of amides is 1. The van der Waals surface area contributed by atoms with Crippen molar-refractivity contribution in [2.45, 2.75) is 19.4 Å². The van der Waals surface area contributed by atoms with Gasteiger partial charge < -0.3 is 19.3 Å². The number of para-hydroxylation sites is 1. The van der Waals surface area contributed by atoms with Gasteiger partial charge in [-0.1, -0.05) is 28.9 Å². The highest BCUT2D eigenvalue weighted by atomic mass is 35.5. The molecule has 9 heteroatoms. The van der Waals surface area contributed by atoms with Crippen molar-refractivity contribution in [2.24, 2.45) is 5.92 Å². The normalized spacial score (nSPS) is 14.8. The molecule has 2 heterocycles. The summed E-state index contributed by atoms with van der Waals surface area (Å²) in [7, 11) is 3.18. The lowest BCUT2D eigenvalue weighted by Gasteiger charge is -2.30. The Morgan fingerprint density at radius 2 is 1.91 bits per heavy atom. The van der Waals surface area contributed by atoms with Crippen LogP contribution in [-0.2, 0) is 11.3 Å². The second kappa shape index (κ2) is 10.0. The number of halogens is 1. The lowest BCUT2D eigenvalue weighted by Crippen LogP contribution is -2.37. The molecule has 1 aromatic heterocycles. The molecular weight excluding hydrogens is 432 g/mol. The highest BCUT2D eigenvalue weighted by Crippen LogP contribution is 2.31. The smallest absolute Gasteiger partial charge is 0.241 e. The first-order chi connectivity index (χ1) is 15.6. The van der Waals surface area contributed by atoms with Crippen LogP contribution in [0.25, 0.3) is 11.4 Å². The fourth-order valence-corrected chi connectivity index (χ4v) is 3.94. The highest BCUT2D eigenvalue weighted by molar-refractivity contribution is 6.33. The number of rotatable bonds is 7. The molecule has 0 radical (unpaired) electrons. The molecule has 1 fully saturated rings. The number of ether oxygens (including phenoxy) is 2. The van der Waals surface area contributed by atoms with Gasteiger partial charge >= 0.3 is 0 Å². The first-order valence-electron chi connectivity index (χ1n) is 10.4. The third-order valence-electron chi connectivity index (χ3n) is 5.56. The van der Waals surface area contributed by atoms with Gasteiger partial charge in [-0.15, -0.1) is 0 Å². The average molecular weight is 457 g/mol. The summed E-state index contributed by atoms with van der Waals surface area (Å²) in [5.41, 5.74) is 1.43. The first kappa shape index (κ1) is 22.1. The molecule has 0 aliphatic carbocycles. The standard InChI is InChI=1S/C23H25ClN4O4/c1-30-19-8-7-16(13-20(19)31-2)22-26-21(32-27-22)14-28-11-9-15(10-12-28)23(29)25-18-6-4-3-5-17(18)24/h3-8,13,15H,9-12,14H2,1-2H3,(H,25,29). The van der Waals surface area contributed by atoms with Crippen molar-refractivity contribution < 1.29 is 18.8 Å². The van der Waals surface area contributed by atoms with Gasteiger partial charge in [-0.05, 0) is 56.3 Å². The van der Waals surface area contributed by atoms with Crippen LogP contribution < -0.4 is 14.8 Å². The van der Waals surface area contributed by atoms with E-state index in [2.05, 4.69) is 20.4 Å². The van der Waals surface area contributed by atoms with Gasteiger partial charge in [0.1, 0.15) is 0 Å². The Balaban J connectivity index is 1.32. The van der Waals surface area contributed by atoms with E-state index in [1.54, 1.807) is 26.4 Å². The van der Waals surface area contributed by atoms with Crippen LogP contribution in [0, 0.1) is 5.92 Å². The van der Waals surface area contributed by atoms with Crippen molar-refractivity contribution in [3.63, 3.8) is 0 Å². The number of anilines is 1. The Hall–Kier alpha value is -3.10. The molecule has 32 heavy (non-hydrogen) atoms. The third-order valence-corrected chi connectivity index (χ3v) is 5.89. The van der Waals surface area contributed by atoms with Crippen LogP contribution in [0.15, 0.2) is 47.0 Å². The minimum atomic E-state index is -0.0486. The number of likely N-dealkylation sites (tertiary alicyclic amines) is 1. The van der Waals surface area contributed by atoms with Gasteiger partial charge in [0.15, 0.2) is 11.5 Å². The minimum absolute atomic E-state index is 0.00581. The summed E-state index contributed by atoms with van der Waals surface area (Å²) < 4.78 is 16.1. The Morgan fingerprint density at radius 3 is 2.62 bits per heavy atom. The maximum atomic E-state index is 12.6. The van der Waals surface area contributed by atoms with E-state index in [1.165, 1.54) is 0 Å². The molecule has 1 aliphatic heterocycles. The van der Waals surface area contributed by atoms with Gasteiger partial charge in [-0.2, -0.15) is 4.98 Å². The van der Waals surface area contributed by atoms with Crippen LogP contribution in [0.1, 0.15) is 18.7 Å². The van der Waals surface area contributed by atoms with E-state index >= 15 is 0 Å². The molecule has 8 nitrogen and oxygen atoms in total. The fraction of sp³-hybridized carbons (Fsp3) is 0.348. The number of benzene rings is 2. The predicted octanol–water partition coefficient (Wildman–Crippen LogP) is 4.26. The van der Waals surface area contributed by atoms with E-state index in [4.69, 9.17) is 25.6 Å². The quantitative estimate of drug-likeness (QED) is 0.568. The molecular formula is C23H25ClN4O4. The molecule has 168 valence electrons. The molecule has 0 saturated carbocycles. The molecule has 0 spiro atoms. The lowest BCUT2D eigenvalue weighted by atomic mass is 9.96. The second-order valence-corrected chi connectivity index (χ2v) is 8.01. The number of piperidine rings is 1. The van der Waals surface area contributed by atoms with Crippen molar-refractivity contribution in [3.8, 4) is 22.9 Å². The van der Waals surface area contributed by atoms with Crippen LogP contribution in [0.2, 0.25) is 5.02 Å². The van der Waals surface area contributed by atoms with Gasteiger partial charge in [0.2, 0.25) is 17.6 Å². The highest BCUT2D eigenvalue weighted by Gasteiger charge is 2.26. The molecule has 1 saturated heterocycles. The monoisotopic (exact) mass is 456 g/mol. The molecule has 1 aliphatic rings. The van der Waals surface area contributed by atoms with Crippen molar-refractivity contribution in [1.82, 2.24) is 15.0 Å². The molecule has 1 amide bonds. The summed E-state index contributed by atoms with van der Waals surface area (Å²) in [4.78, 5) is 19.3. The SMILES string of the molecule is COc1ccc(-c2noc(CN3CCC(C(=O)Nc4ccccc4Cl)CC3)n2)cc1OC. The Bertz CT molecular complexity index is 1080. The Labute approximate surface area is 191 Å².